The molecule has 4 nitrogen and oxygen atoms in total. The summed E-state index contributed by atoms with van der Waals surface area (Å²) in [5.74, 6) is -0.594. The van der Waals surface area contributed by atoms with E-state index in [0.29, 0.717) is 12.4 Å². The van der Waals surface area contributed by atoms with Crippen LogP contribution in [0.5, 0.6) is 5.75 Å². The zero-order chi connectivity index (χ0) is 19.5. The van der Waals surface area contributed by atoms with Crippen molar-refractivity contribution in [1.29, 1.82) is 0 Å². The molecule has 0 aliphatic heterocycles. The number of ether oxygens (including phenoxy) is 2. The maximum absolute atomic E-state index is 12.5. The van der Waals surface area contributed by atoms with E-state index in [1.807, 2.05) is 19.1 Å². The molecule has 0 saturated carbocycles. The molecule has 2 aromatic carbocycles. The average Bonchev–Trinajstić information content (AvgIpc) is 2.67. The van der Waals surface area contributed by atoms with Gasteiger partial charge in [-0.05, 0) is 43.2 Å². The minimum absolute atomic E-state index is 0.215. The van der Waals surface area contributed by atoms with E-state index in [0.717, 1.165) is 24.8 Å². The Labute approximate surface area is 161 Å². The normalized spacial score (nSPS) is 10.4. The van der Waals surface area contributed by atoms with Crippen molar-refractivity contribution in [2.24, 2.45) is 0 Å². The van der Waals surface area contributed by atoms with E-state index in [1.165, 1.54) is 19.3 Å². The van der Waals surface area contributed by atoms with Crippen molar-refractivity contribution in [3.63, 3.8) is 0 Å². The second kappa shape index (κ2) is 11.2. The molecule has 0 spiro atoms. The number of unbranched alkanes of at least 4 members (excludes halogenated alkanes) is 5. The van der Waals surface area contributed by atoms with Gasteiger partial charge in [0.05, 0.1) is 17.7 Å². The van der Waals surface area contributed by atoms with Gasteiger partial charge in [-0.1, -0.05) is 63.3 Å². The molecule has 4 heteroatoms. The molecule has 2 aromatic rings. The van der Waals surface area contributed by atoms with Gasteiger partial charge in [0.1, 0.15) is 5.75 Å². The van der Waals surface area contributed by atoms with Crippen LogP contribution in [0.1, 0.15) is 71.7 Å². The zero-order valence-corrected chi connectivity index (χ0v) is 16.2. The molecule has 0 atom stereocenters. The third-order valence-corrected chi connectivity index (χ3v) is 4.30. The molecule has 2 rings (SSSR count). The Hall–Kier alpha value is -2.62. The number of benzene rings is 2. The summed E-state index contributed by atoms with van der Waals surface area (Å²) in [6.07, 6.45) is 6.72. The Morgan fingerprint density at radius 3 is 2.19 bits per heavy atom. The first-order valence-corrected chi connectivity index (χ1v) is 9.67. The molecule has 0 fully saturated rings. The fourth-order valence-electron chi connectivity index (χ4n) is 2.80. The molecule has 0 N–H and O–H groups in total. The zero-order valence-electron chi connectivity index (χ0n) is 16.2. The van der Waals surface area contributed by atoms with Crippen molar-refractivity contribution in [2.45, 2.75) is 52.4 Å². The van der Waals surface area contributed by atoms with Gasteiger partial charge in [-0.2, -0.15) is 0 Å². The number of hydrogen-bond donors (Lipinski definition) is 0. The molecule has 144 valence electrons. The van der Waals surface area contributed by atoms with E-state index in [2.05, 4.69) is 6.92 Å². The summed E-state index contributed by atoms with van der Waals surface area (Å²) in [6.45, 7) is 4.47. The number of rotatable bonds is 10. The number of carbonyl (C=O) groups is 2. The Morgan fingerprint density at radius 2 is 1.48 bits per heavy atom. The van der Waals surface area contributed by atoms with E-state index in [4.69, 9.17) is 9.47 Å². The van der Waals surface area contributed by atoms with Crippen molar-refractivity contribution in [3.05, 3.63) is 65.2 Å². The first-order chi connectivity index (χ1) is 13.1. The second-order valence-corrected chi connectivity index (χ2v) is 6.66. The van der Waals surface area contributed by atoms with Gasteiger partial charge < -0.3 is 9.47 Å². The van der Waals surface area contributed by atoms with Gasteiger partial charge in [0.25, 0.3) is 0 Å². The highest BCUT2D eigenvalue weighted by atomic mass is 16.5. The lowest BCUT2D eigenvalue weighted by Gasteiger charge is -2.10. The fourth-order valence-corrected chi connectivity index (χ4v) is 2.80. The molecule has 27 heavy (non-hydrogen) atoms. The average molecular weight is 368 g/mol. The highest BCUT2D eigenvalue weighted by Gasteiger charge is 2.19. The van der Waals surface area contributed by atoms with Crippen LogP contribution in [-0.4, -0.2) is 18.5 Å². The van der Waals surface area contributed by atoms with Crippen molar-refractivity contribution in [1.82, 2.24) is 0 Å². The first-order valence-electron chi connectivity index (χ1n) is 9.67. The predicted octanol–water partition coefficient (Wildman–Crippen LogP) is 5.73. The van der Waals surface area contributed by atoms with E-state index >= 15 is 0 Å². The summed E-state index contributed by atoms with van der Waals surface area (Å²) in [5.41, 5.74) is 1.44. The van der Waals surface area contributed by atoms with Gasteiger partial charge >= 0.3 is 11.9 Å². The lowest BCUT2D eigenvalue weighted by atomic mass is 10.1. The lowest BCUT2D eigenvalue weighted by molar-refractivity contribution is 0.0489. The summed E-state index contributed by atoms with van der Waals surface area (Å²) in [6, 6.07) is 13.8. The van der Waals surface area contributed by atoms with Crippen molar-refractivity contribution in [3.8, 4) is 5.75 Å². The van der Waals surface area contributed by atoms with Crippen LogP contribution in [0, 0.1) is 6.92 Å². The molecule has 0 aliphatic rings. The summed E-state index contributed by atoms with van der Waals surface area (Å²) in [5, 5.41) is 0. The minimum atomic E-state index is -0.562. The molecular formula is C23H28O4. The Morgan fingerprint density at radius 1 is 0.815 bits per heavy atom. The van der Waals surface area contributed by atoms with Gasteiger partial charge in [0.2, 0.25) is 0 Å². The van der Waals surface area contributed by atoms with Crippen molar-refractivity contribution < 1.29 is 19.1 Å². The summed E-state index contributed by atoms with van der Waals surface area (Å²) < 4.78 is 10.8. The van der Waals surface area contributed by atoms with Crippen LogP contribution in [0.4, 0.5) is 0 Å². The molecule has 0 unspecified atom stereocenters. The Balaban J connectivity index is 1.92. The molecule has 0 amide bonds. The van der Waals surface area contributed by atoms with E-state index in [-0.39, 0.29) is 11.1 Å². The second-order valence-electron chi connectivity index (χ2n) is 6.66. The Kier molecular flexibility index (Phi) is 8.56. The van der Waals surface area contributed by atoms with Gasteiger partial charge in [-0.15, -0.1) is 0 Å². The standard InChI is InChI=1S/C23H28O4/c1-3-4-5-6-7-10-16-26-22(24)20-14-8-9-15-21(20)23(25)27-19-13-11-12-18(2)17-19/h8-9,11-15,17H,3-7,10,16H2,1-2H3. The smallest absolute Gasteiger partial charge is 0.344 e. The summed E-state index contributed by atoms with van der Waals surface area (Å²) in [4.78, 5) is 24.9. The molecule has 0 aliphatic carbocycles. The monoisotopic (exact) mass is 368 g/mol. The van der Waals surface area contributed by atoms with Gasteiger partial charge in [0.15, 0.2) is 0 Å². The maximum Gasteiger partial charge on any atom is 0.344 e. The SMILES string of the molecule is CCCCCCCCOC(=O)c1ccccc1C(=O)Oc1cccc(C)c1. The topological polar surface area (TPSA) is 52.6 Å². The molecule has 0 radical (unpaired) electrons. The van der Waals surface area contributed by atoms with Crippen LogP contribution in [0.3, 0.4) is 0 Å². The predicted molar refractivity (Wildman–Crippen MR) is 106 cm³/mol. The Bertz CT molecular complexity index is 752. The minimum Gasteiger partial charge on any atom is -0.462 e. The van der Waals surface area contributed by atoms with Crippen LogP contribution in [0.15, 0.2) is 48.5 Å². The first kappa shape index (κ1) is 20.7. The third kappa shape index (κ3) is 6.89. The van der Waals surface area contributed by atoms with Gasteiger partial charge in [-0.3, -0.25) is 0 Å². The fraction of sp³-hybridized carbons (Fsp3) is 0.391. The number of esters is 2. The largest absolute Gasteiger partial charge is 0.462 e. The van der Waals surface area contributed by atoms with Gasteiger partial charge in [0, 0.05) is 0 Å². The molecule has 0 aromatic heterocycles. The van der Waals surface area contributed by atoms with Crippen LogP contribution in [-0.2, 0) is 4.74 Å². The van der Waals surface area contributed by atoms with Crippen LogP contribution >= 0.6 is 0 Å². The highest BCUT2D eigenvalue weighted by molar-refractivity contribution is 6.03. The molecular weight excluding hydrogens is 340 g/mol. The van der Waals surface area contributed by atoms with Gasteiger partial charge in [-0.25, -0.2) is 9.59 Å². The van der Waals surface area contributed by atoms with E-state index in [9.17, 15) is 9.59 Å². The summed E-state index contributed by atoms with van der Waals surface area (Å²) >= 11 is 0. The maximum atomic E-state index is 12.5. The number of carbonyl (C=O) groups excluding carboxylic acids is 2. The van der Waals surface area contributed by atoms with Crippen LogP contribution < -0.4 is 4.74 Å². The molecule has 0 heterocycles. The third-order valence-electron chi connectivity index (χ3n) is 4.30. The molecule has 0 saturated heterocycles. The lowest BCUT2D eigenvalue weighted by Crippen LogP contribution is -2.16. The van der Waals surface area contributed by atoms with Crippen LogP contribution in [0.25, 0.3) is 0 Å². The highest BCUT2D eigenvalue weighted by Crippen LogP contribution is 2.17. The van der Waals surface area contributed by atoms with E-state index in [1.54, 1.807) is 36.4 Å². The van der Waals surface area contributed by atoms with Crippen LogP contribution in [0.2, 0.25) is 0 Å². The van der Waals surface area contributed by atoms with E-state index < -0.39 is 11.9 Å². The quantitative estimate of drug-likeness (QED) is 0.305. The van der Waals surface area contributed by atoms with Crippen molar-refractivity contribution in [2.75, 3.05) is 6.61 Å². The molecule has 0 bridgehead atoms. The number of aryl methyl sites for hydroxylation is 1. The van der Waals surface area contributed by atoms with Crippen molar-refractivity contribution >= 4 is 11.9 Å². The summed E-state index contributed by atoms with van der Waals surface area (Å²) in [7, 11) is 0. The number of hydrogen-bond acceptors (Lipinski definition) is 4.